The summed E-state index contributed by atoms with van der Waals surface area (Å²) in [7, 11) is -2.32. The van der Waals surface area contributed by atoms with Gasteiger partial charge in [0, 0.05) is 31.5 Å². The minimum Gasteiger partial charge on any atom is -0.392 e. The van der Waals surface area contributed by atoms with Crippen molar-refractivity contribution in [2.24, 2.45) is 0 Å². The summed E-state index contributed by atoms with van der Waals surface area (Å²) in [4.78, 5) is 3.87. The molecular formula is C14H15FN2O3S. The van der Waals surface area contributed by atoms with Crippen molar-refractivity contribution in [2.45, 2.75) is 18.0 Å². The van der Waals surface area contributed by atoms with Crippen LogP contribution in [0.15, 0.2) is 47.6 Å². The van der Waals surface area contributed by atoms with E-state index in [0.717, 1.165) is 22.0 Å². The van der Waals surface area contributed by atoms with Crippen molar-refractivity contribution in [3.63, 3.8) is 0 Å². The molecule has 0 saturated carbocycles. The summed E-state index contributed by atoms with van der Waals surface area (Å²) < 4.78 is 39.3. The lowest BCUT2D eigenvalue weighted by atomic mass is 10.2. The van der Waals surface area contributed by atoms with Crippen molar-refractivity contribution >= 4 is 10.0 Å². The predicted molar refractivity (Wildman–Crippen MR) is 75.2 cm³/mol. The molecule has 0 radical (unpaired) electrons. The largest absolute Gasteiger partial charge is 0.392 e. The highest BCUT2D eigenvalue weighted by atomic mass is 32.2. The van der Waals surface area contributed by atoms with E-state index in [-0.39, 0.29) is 17.0 Å². The molecule has 0 aliphatic carbocycles. The fourth-order valence-corrected chi connectivity index (χ4v) is 3.06. The van der Waals surface area contributed by atoms with E-state index in [4.69, 9.17) is 5.11 Å². The van der Waals surface area contributed by atoms with Crippen molar-refractivity contribution in [1.29, 1.82) is 0 Å². The van der Waals surface area contributed by atoms with Crippen LogP contribution in [0, 0.1) is 5.82 Å². The monoisotopic (exact) mass is 310 g/mol. The summed E-state index contributed by atoms with van der Waals surface area (Å²) in [5, 5.41) is 9.03. The number of halogens is 1. The van der Waals surface area contributed by atoms with Gasteiger partial charge in [-0.25, -0.2) is 12.8 Å². The van der Waals surface area contributed by atoms with Crippen molar-refractivity contribution in [1.82, 2.24) is 9.29 Å². The highest BCUT2D eigenvalue weighted by molar-refractivity contribution is 7.89. The molecule has 0 atom stereocenters. The van der Waals surface area contributed by atoms with Gasteiger partial charge >= 0.3 is 0 Å². The third kappa shape index (κ3) is 3.44. The Balaban J connectivity index is 2.29. The number of benzene rings is 1. The Morgan fingerprint density at radius 3 is 2.71 bits per heavy atom. The summed E-state index contributed by atoms with van der Waals surface area (Å²) in [6, 6.07) is 6.85. The molecule has 1 N–H and O–H groups in total. The van der Waals surface area contributed by atoms with E-state index in [0.29, 0.717) is 0 Å². The first-order chi connectivity index (χ1) is 9.95. The van der Waals surface area contributed by atoms with Crippen LogP contribution in [0.3, 0.4) is 0 Å². The average Bonchev–Trinajstić information content (AvgIpc) is 2.48. The van der Waals surface area contributed by atoms with Crippen LogP contribution < -0.4 is 0 Å². The van der Waals surface area contributed by atoms with Crippen molar-refractivity contribution in [3.05, 3.63) is 59.7 Å². The van der Waals surface area contributed by atoms with E-state index in [9.17, 15) is 12.8 Å². The van der Waals surface area contributed by atoms with Gasteiger partial charge in [0.05, 0.1) is 11.5 Å². The third-order valence-electron chi connectivity index (χ3n) is 3.02. The summed E-state index contributed by atoms with van der Waals surface area (Å²) in [6.45, 7) is -0.399. The maximum Gasteiger partial charge on any atom is 0.243 e. The second-order valence-electron chi connectivity index (χ2n) is 4.53. The Labute approximate surface area is 122 Å². The van der Waals surface area contributed by atoms with E-state index >= 15 is 0 Å². The van der Waals surface area contributed by atoms with Crippen LogP contribution in [0.5, 0.6) is 0 Å². The normalized spacial score (nSPS) is 11.8. The van der Waals surface area contributed by atoms with Crippen molar-refractivity contribution in [3.8, 4) is 0 Å². The standard InChI is InChI=1S/C14H15FN2O3S/c1-17(9-11-3-2-6-16-8-11)21(19,20)13-4-5-14(15)12(7-13)10-18/h2-8,18H,9-10H2,1H3. The molecule has 7 heteroatoms. The molecule has 21 heavy (non-hydrogen) atoms. The summed E-state index contributed by atoms with van der Waals surface area (Å²) in [6.07, 6.45) is 3.18. The first kappa shape index (κ1) is 15.6. The molecule has 0 amide bonds. The minimum atomic E-state index is -3.76. The molecule has 0 fully saturated rings. The maximum absolute atomic E-state index is 13.3. The number of sulfonamides is 1. The molecule has 1 aromatic heterocycles. The molecule has 5 nitrogen and oxygen atoms in total. The second-order valence-corrected chi connectivity index (χ2v) is 6.58. The fraction of sp³-hybridized carbons (Fsp3) is 0.214. The highest BCUT2D eigenvalue weighted by Gasteiger charge is 2.22. The maximum atomic E-state index is 13.3. The lowest BCUT2D eigenvalue weighted by Crippen LogP contribution is -2.26. The van der Waals surface area contributed by atoms with Gasteiger partial charge in [-0.2, -0.15) is 4.31 Å². The van der Waals surface area contributed by atoms with E-state index in [1.807, 2.05) is 0 Å². The zero-order valence-corrected chi connectivity index (χ0v) is 12.2. The van der Waals surface area contributed by atoms with Gasteiger partial charge in [0.25, 0.3) is 0 Å². The number of hydrogen-bond acceptors (Lipinski definition) is 4. The molecule has 1 aromatic carbocycles. The SMILES string of the molecule is CN(Cc1cccnc1)S(=O)(=O)c1ccc(F)c(CO)c1. The third-order valence-corrected chi connectivity index (χ3v) is 4.82. The van der Waals surface area contributed by atoms with Crippen LogP contribution in [-0.4, -0.2) is 29.9 Å². The molecule has 0 aliphatic rings. The number of aliphatic hydroxyl groups excluding tert-OH is 1. The first-order valence-corrected chi connectivity index (χ1v) is 7.63. The van der Waals surface area contributed by atoms with Crippen LogP contribution in [0.25, 0.3) is 0 Å². The van der Waals surface area contributed by atoms with Crippen LogP contribution >= 0.6 is 0 Å². The van der Waals surface area contributed by atoms with Gasteiger partial charge in [-0.15, -0.1) is 0 Å². The van der Waals surface area contributed by atoms with Gasteiger partial charge in [0.15, 0.2) is 0 Å². The number of aromatic nitrogens is 1. The molecule has 1 heterocycles. The first-order valence-electron chi connectivity index (χ1n) is 6.19. The number of pyridine rings is 1. The van der Waals surface area contributed by atoms with Gasteiger partial charge in [0.1, 0.15) is 5.82 Å². The highest BCUT2D eigenvalue weighted by Crippen LogP contribution is 2.19. The molecule has 2 aromatic rings. The number of nitrogens with zero attached hydrogens (tertiary/aromatic N) is 2. The molecule has 0 aliphatic heterocycles. The quantitative estimate of drug-likeness (QED) is 0.909. The smallest absolute Gasteiger partial charge is 0.243 e. The van der Waals surface area contributed by atoms with Gasteiger partial charge < -0.3 is 5.11 Å². The zero-order valence-electron chi connectivity index (χ0n) is 11.4. The number of aliphatic hydroxyl groups is 1. The van der Waals surface area contributed by atoms with Gasteiger partial charge in [0.2, 0.25) is 10.0 Å². The summed E-state index contributed by atoms with van der Waals surface area (Å²) in [5.74, 6) is -0.633. The summed E-state index contributed by atoms with van der Waals surface area (Å²) >= 11 is 0. The van der Waals surface area contributed by atoms with Gasteiger partial charge in [-0.05, 0) is 29.8 Å². The molecule has 0 spiro atoms. The Hall–Kier alpha value is -1.83. The molecule has 0 saturated heterocycles. The molecular weight excluding hydrogens is 295 g/mol. The Bertz CT molecular complexity index is 720. The average molecular weight is 310 g/mol. The van der Waals surface area contributed by atoms with E-state index in [2.05, 4.69) is 4.98 Å². The van der Waals surface area contributed by atoms with Gasteiger partial charge in [-0.3, -0.25) is 4.98 Å². The number of hydrogen-bond donors (Lipinski definition) is 1. The molecule has 2 rings (SSSR count). The fourth-order valence-electron chi connectivity index (χ4n) is 1.85. The summed E-state index contributed by atoms with van der Waals surface area (Å²) in [5.41, 5.74) is 0.693. The van der Waals surface area contributed by atoms with E-state index in [1.54, 1.807) is 24.5 Å². The van der Waals surface area contributed by atoms with Crippen molar-refractivity contribution < 1.29 is 17.9 Å². The predicted octanol–water partition coefficient (Wildman–Crippen LogP) is 1.53. The topological polar surface area (TPSA) is 70.5 Å². The molecule has 112 valence electrons. The van der Waals surface area contributed by atoms with Gasteiger partial charge in [-0.1, -0.05) is 6.07 Å². The lowest BCUT2D eigenvalue weighted by Gasteiger charge is -2.17. The van der Waals surface area contributed by atoms with E-state index < -0.39 is 22.4 Å². The Kier molecular flexibility index (Phi) is 4.66. The Morgan fingerprint density at radius 1 is 1.33 bits per heavy atom. The number of rotatable bonds is 5. The van der Waals surface area contributed by atoms with Crippen LogP contribution in [0.1, 0.15) is 11.1 Å². The molecule has 0 bridgehead atoms. The minimum absolute atomic E-state index is 0.0501. The Morgan fingerprint density at radius 2 is 2.10 bits per heavy atom. The molecule has 0 unspecified atom stereocenters. The lowest BCUT2D eigenvalue weighted by molar-refractivity contribution is 0.275. The second kappa shape index (κ2) is 6.30. The van der Waals surface area contributed by atoms with Crippen molar-refractivity contribution in [2.75, 3.05) is 7.05 Å². The van der Waals surface area contributed by atoms with Crippen LogP contribution in [0.2, 0.25) is 0 Å². The van der Waals surface area contributed by atoms with E-state index in [1.165, 1.54) is 13.1 Å². The zero-order chi connectivity index (χ0) is 15.5. The van der Waals surface area contributed by atoms with Crippen LogP contribution in [0.4, 0.5) is 4.39 Å². The van der Waals surface area contributed by atoms with Crippen LogP contribution in [-0.2, 0) is 23.2 Å².